The second kappa shape index (κ2) is 6.44. The summed E-state index contributed by atoms with van der Waals surface area (Å²) in [6, 6.07) is 4.31. The molecule has 0 saturated heterocycles. The van der Waals surface area contributed by atoms with Crippen LogP contribution in [-0.2, 0) is 11.2 Å². The zero-order valence-electron chi connectivity index (χ0n) is 11.5. The second-order valence-electron chi connectivity index (χ2n) is 5.37. The van der Waals surface area contributed by atoms with Gasteiger partial charge in [0.2, 0.25) is 0 Å². The Hall–Kier alpha value is -1.00. The normalized spacial score (nSPS) is 18.3. The smallest absolute Gasteiger partial charge is 0.129 e. The predicted octanol–water partition coefficient (Wildman–Crippen LogP) is 2.91. The summed E-state index contributed by atoms with van der Waals surface area (Å²) in [4.78, 5) is 0. The Kier molecular flexibility index (Phi) is 4.88. The maximum absolute atomic E-state index is 13.6. The molecular weight excluding hydrogens is 248 g/mol. The van der Waals surface area contributed by atoms with Crippen molar-refractivity contribution < 1.29 is 13.5 Å². The van der Waals surface area contributed by atoms with Crippen LogP contribution >= 0.6 is 0 Å². The molecule has 1 N–H and O–H groups in total. The number of methoxy groups -OCH3 is 1. The van der Waals surface area contributed by atoms with Gasteiger partial charge in [0.1, 0.15) is 11.6 Å². The fourth-order valence-corrected chi connectivity index (χ4v) is 2.46. The van der Waals surface area contributed by atoms with Crippen LogP contribution in [0.15, 0.2) is 18.2 Å². The summed E-state index contributed by atoms with van der Waals surface area (Å²) in [6.45, 7) is 2.60. The van der Waals surface area contributed by atoms with Gasteiger partial charge in [0, 0.05) is 24.8 Å². The van der Waals surface area contributed by atoms with Crippen molar-refractivity contribution >= 4 is 0 Å². The van der Waals surface area contributed by atoms with E-state index in [-0.39, 0.29) is 17.6 Å². The lowest BCUT2D eigenvalue weighted by Crippen LogP contribution is -2.42. The van der Waals surface area contributed by atoms with Crippen LogP contribution in [0.4, 0.5) is 8.78 Å². The third kappa shape index (κ3) is 3.98. The number of nitrogens with one attached hydrogen (secondary N) is 1. The second-order valence-corrected chi connectivity index (χ2v) is 5.37. The first kappa shape index (κ1) is 14.4. The number of hydrogen-bond acceptors (Lipinski definition) is 2. The molecule has 1 aromatic carbocycles. The summed E-state index contributed by atoms with van der Waals surface area (Å²) in [5.74, 6) is -0.292. The Balaban J connectivity index is 1.94. The van der Waals surface area contributed by atoms with Crippen LogP contribution in [0.1, 0.15) is 25.3 Å². The standard InChI is InChI=1S/C15H21F2NO/c1-10(18-15(9-19-2)11-6-7-11)8-12-13(16)4-3-5-14(12)17/h3-5,10-11,15,18H,6-9H2,1-2H3. The van der Waals surface area contributed by atoms with Crippen LogP contribution in [0.3, 0.4) is 0 Å². The van der Waals surface area contributed by atoms with Crippen molar-refractivity contribution in [1.29, 1.82) is 0 Å². The highest BCUT2D eigenvalue weighted by Crippen LogP contribution is 2.33. The molecule has 0 spiro atoms. The van der Waals surface area contributed by atoms with Crippen LogP contribution < -0.4 is 5.32 Å². The molecule has 4 heteroatoms. The molecule has 1 aliphatic carbocycles. The molecule has 0 radical (unpaired) electrons. The van der Waals surface area contributed by atoms with E-state index < -0.39 is 11.6 Å². The van der Waals surface area contributed by atoms with Crippen molar-refractivity contribution in [3.63, 3.8) is 0 Å². The fourth-order valence-electron chi connectivity index (χ4n) is 2.46. The minimum absolute atomic E-state index is 0.0205. The molecule has 1 saturated carbocycles. The SMILES string of the molecule is COCC(NC(C)Cc1c(F)cccc1F)C1CC1. The van der Waals surface area contributed by atoms with Crippen molar-refractivity contribution in [2.24, 2.45) is 5.92 Å². The summed E-state index contributed by atoms with van der Waals surface area (Å²) in [5.41, 5.74) is 0.162. The van der Waals surface area contributed by atoms with Gasteiger partial charge in [-0.15, -0.1) is 0 Å². The first-order chi connectivity index (χ1) is 9.11. The molecule has 1 aromatic rings. The minimum Gasteiger partial charge on any atom is -0.383 e. The van der Waals surface area contributed by atoms with Crippen LogP contribution in [0.25, 0.3) is 0 Å². The molecule has 2 unspecified atom stereocenters. The van der Waals surface area contributed by atoms with Gasteiger partial charge in [-0.05, 0) is 44.2 Å². The molecule has 2 rings (SSSR count). The Bertz CT molecular complexity index is 400. The van der Waals surface area contributed by atoms with Crippen LogP contribution in [0, 0.1) is 17.6 Å². The maximum atomic E-state index is 13.6. The number of hydrogen-bond donors (Lipinski definition) is 1. The number of benzene rings is 1. The molecule has 1 fully saturated rings. The molecule has 106 valence electrons. The average Bonchev–Trinajstić information content (AvgIpc) is 3.18. The molecule has 0 aliphatic heterocycles. The molecule has 19 heavy (non-hydrogen) atoms. The predicted molar refractivity (Wildman–Crippen MR) is 71.0 cm³/mol. The number of rotatable bonds is 7. The van der Waals surface area contributed by atoms with Gasteiger partial charge in [-0.3, -0.25) is 0 Å². The first-order valence-corrected chi connectivity index (χ1v) is 6.79. The summed E-state index contributed by atoms with van der Waals surface area (Å²) in [5, 5.41) is 3.42. The average molecular weight is 269 g/mol. The van der Waals surface area contributed by atoms with E-state index in [4.69, 9.17) is 4.74 Å². The Morgan fingerprint density at radius 3 is 2.47 bits per heavy atom. The zero-order valence-corrected chi connectivity index (χ0v) is 11.5. The molecule has 0 bridgehead atoms. The molecule has 0 heterocycles. The molecular formula is C15H21F2NO. The highest BCUT2D eigenvalue weighted by Gasteiger charge is 2.31. The van der Waals surface area contributed by atoms with E-state index in [2.05, 4.69) is 5.32 Å². The van der Waals surface area contributed by atoms with Crippen molar-refractivity contribution in [3.8, 4) is 0 Å². The molecule has 2 atom stereocenters. The van der Waals surface area contributed by atoms with Gasteiger partial charge in [0.15, 0.2) is 0 Å². The number of halogens is 2. The van der Waals surface area contributed by atoms with Crippen LogP contribution in [0.2, 0.25) is 0 Å². The quantitative estimate of drug-likeness (QED) is 0.822. The van der Waals surface area contributed by atoms with Crippen molar-refractivity contribution in [3.05, 3.63) is 35.4 Å². The van der Waals surface area contributed by atoms with Gasteiger partial charge in [-0.25, -0.2) is 8.78 Å². The summed E-state index contributed by atoms with van der Waals surface area (Å²) in [7, 11) is 1.68. The molecule has 2 nitrogen and oxygen atoms in total. The van der Waals surface area contributed by atoms with Crippen LogP contribution in [0.5, 0.6) is 0 Å². The molecule has 0 aromatic heterocycles. The van der Waals surface area contributed by atoms with Gasteiger partial charge in [-0.2, -0.15) is 0 Å². The van der Waals surface area contributed by atoms with Gasteiger partial charge < -0.3 is 10.1 Å². The lowest BCUT2D eigenvalue weighted by atomic mass is 10.0. The van der Waals surface area contributed by atoms with Crippen LogP contribution in [-0.4, -0.2) is 25.8 Å². The van der Waals surface area contributed by atoms with Crippen molar-refractivity contribution in [2.75, 3.05) is 13.7 Å². The van der Waals surface area contributed by atoms with E-state index in [1.54, 1.807) is 7.11 Å². The van der Waals surface area contributed by atoms with Gasteiger partial charge in [0.05, 0.1) is 6.61 Å². The van der Waals surface area contributed by atoms with Gasteiger partial charge in [0.25, 0.3) is 0 Å². The largest absolute Gasteiger partial charge is 0.383 e. The van der Waals surface area contributed by atoms with E-state index in [0.29, 0.717) is 18.9 Å². The van der Waals surface area contributed by atoms with Gasteiger partial charge in [-0.1, -0.05) is 6.07 Å². The van der Waals surface area contributed by atoms with E-state index in [0.717, 1.165) is 0 Å². The Morgan fingerprint density at radius 1 is 1.32 bits per heavy atom. The molecule has 1 aliphatic rings. The summed E-state index contributed by atoms with van der Waals surface area (Å²) < 4.78 is 32.3. The highest BCUT2D eigenvalue weighted by atomic mass is 19.1. The lowest BCUT2D eigenvalue weighted by Gasteiger charge is -2.23. The Morgan fingerprint density at radius 2 is 1.95 bits per heavy atom. The van der Waals surface area contributed by atoms with Crippen molar-refractivity contribution in [2.45, 2.75) is 38.3 Å². The first-order valence-electron chi connectivity index (χ1n) is 6.79. The van der Waals surface area contributed by atoms with Gasteiger partial charge >= 0.3 is 0 Å². The number of ether oxygens (including phenoxy) is 1. The third-order valence-electron chi connectivity index (χ3n) is 3.61. The van der Waals surface area contributed by atoms with E-state index in [1.165, 1.54) is 31.0 Å². The fraction of sp³-hybridized carbons (Fsp3) is 0.600. The maximum Gasteiger partial charge on any atom is 0.129 e. The topological polar surface area (TPSA) is 21.3 Å². The zero-order chi connectivity index (χ0) is 13.8. The molecule has 0 amide bonds. The summed E-state index contributed by atoms with van der Waals surface area (Å²) in [6.07, 6.45) is 2.77. The summed E-state index contributed by atoms with van der Waals surface area (Å²) >= 11 is 0. The lowest BCUT2D eigenvalue weighted by molar-refractivity contribution is 0.152. The highest BCUT2D eigenvalue weighted by molar-refractivity contribution is 5.20. The third-order valence-corrected chi connectivity index (χ3v) is 3.61. The van der Waals surface area contributed by atoms with E-state index in [1.807, 2.05) is 6.92 Å². The van der Waals surface area contributed by atoms with E-state index >= 15 is 0 Å². The Labute approximate surface area is 113 Å². The monoisotopic (exact) mass is 269 g/mol. The minimum atomic E-state index is -0.469. The van der Waals surface area contributed by atoms with Crippen molar-refractivity contribution in [1.82, 2.24) is 5.32 Å². The van der Waals surface area contributed by atoms with E-state index in [9.17, 15) is 8.78 Å².